The van der Waals surface area contributed by atoms with E-state index in [0.29, 0.717) is 29.2 Å². The summed E-state index contributed by atoms with van der Waals surface area (Å²) >= 11 is 1.33. The van der Waals surface area contributed by atoms with Crippen molar-refractivity contribution in [1.82, 2.24) is 4.98 Å². The van der Waals surface area contributed by atoms with Gasteiger partial charge in [-0.25, -0.2) is 14.6 Å². The predicted molar refractivity (Wildman–Crippen MR) is 138 cm³/mol. The Bertz CT molecular complexity index is 1340. The first-order chi connectivity index (χ1) is 17.1. The molecule has 0 saturated heterocycles. The van der Waals surface area contributed by atoms with E-state index in [1.807, 2.05) is 30.3 Å². The van der Waals surface area contributed by atoms with Crippen LogP contribution in [0.5, 0.6) is 0 Å². The highest BCUT2D eigenvalue weighted by Crippen LogP contribution is 2.34. The summed E-state index contributed by atoms with van der Waals surface area (Å²) in [5.74, 6) is -0.622. The minimum Gasteiger partial charge on any atom is -0.460 e. The number of esters is 1. The van der Waals surface area contributed by atoms with Crippen molar-refractivity contribution in [2.75, 3.05) is 51.5 Å². The van der Waals surface area contributed by atoms with Gasteiger partial charge in [0, 0.05) is 37.3 Å². The summed E-state index contributed by atoms with van der Waals surface area (Å²) in [4.78, 5) is 33.3. The minimum absolute atomic E-state index is 0.0427. The molecule has 184 valence electrons. The number of para-hydroxylation sites is 1. The molecule has 4 rings (SSSR count). The van der Waals surface area contributed by atoms with Gasteiger partial charge in [-0.05, 0) is 38.1 Å². The average molecular weight is 497 g/mol. The van der Waals surface area contributed by atoms with E-state index in [-0.39, 0.29) is 24.3 Å². The second-order valence-electron chi connectivity index (χ2n) is 7.72. The van der Waals surface area contributed by atoms with Crippen molar-refractivity contribution in [2.24, 2.45) is 0 Å². The first-order valence-corrected chi connectivity index (χ1v) is 12.3. The molecule has 0 fully saturated rings. The van der Waals surface area contributed by atoms with E-state index in [2.05, 4.69) is 23.7 Å². The molecule has 0 aliphatic rings. The van der Waals surface area contributed by atoms with Crippen molar-refractivity contribution in [1.29, 1.82) is 0 Å². The SMILES string of the molecule is CCN(CC)c1ccc2c(C(=O)OCCOCCOC)c(-c3nc4ccccc4s3)c(=O)oc2c1. The summed E-state index contributed by atoms with van der Waals surface area (Å²) in [5, 5.41) is 0.915. The molecule has 0 bridgehead atoms. The van der Waals surface area contributed by atoms with E-state index in [9.17, 15) is 9.59 Å². The fraction of sp³-hybridized carbons (Fsp3) is 0.346. The van der Waals surface area contributed by atoms with Crippen molar-refractivity contribution in [3.63, 3.8) is 0 Å². The third kappa shape index (κ3) is 5.37. The van der Waals surface area contributed by atoms with Crippen molar-refractivity contribution < 1.29 is 23.4 Å². The van der Waals surface area contributed by atoms with E-state index in [0.717, 1.165) is 29.0 Å². The fourth-order valence-electron chi connectivity index (χ4n) is 3.87. The van der Waals surface area contributed by atoms with Crippen LogP contribution >= 0.6 is 11.3 Å². The molecule has 0 N–H and O–H groups in total. The largest absolute Gasteiger partial charge is 0.460 e. The number of hydrogen-bond donors (Lipinski definition) is 0. The summed E-state index contributed by atoms with van der Waals surface area (Å²) in [6.07, 6.45) is 0. The van der Waals surface area contributed by atoms with Gasteiger partial charge in [0.05, 0.1) is 35.6 Å². The molecule has 0 radical (unpaired) electrons. The van der Waals surface area contributed by atoms with Crippen LogP contribution in [-0.4, -0.2) is 57.6 Å². The van der Waals surface area contributed by atoms with Crippen LogP contribution in [-0.2, 0) is 14.2 Å². The van der Waals surface area contributed by atoms with Gasteiger partial charge in [-0.1, -0.05) is 12.1 Å². The molecule has 2 heterocycles. The number of aromatic nitrogens is 1. The number of carbonyl (C=O) groups is 1. The molecule has 0 unspecified atom stereocenters. The smallest absolute Gasteiger partial charge is 0.347 e. The maximum absolute atomic E-state index is 13.3. The average Bonchev–Trinajstić information content (AvgIpc) is 3.29. The Kier molecular flexibility index (Phi) is 8.12. The number of carbonyl (C=O) groups excluding carboxylic acids is 1. The topological polar surface area (TPSA) is 91.1 Å². The van der Waals surface area contributed by atoms with E-state index < -0.39 is 11.6 Å². The number of methoxy groups -OCH3 is 1. The molecular formula is C26H28N2O6S. The molecule has 0 amide bonds. The van der Waals surface area contributed by atoms with Gasteiger partial charge in [0.2, 0.25) is 0 Å². The van der Waals surface area contributed by atoms with Gasteiger partial charge in [0.1, 0.15) is 22.8 Å². The van der Waals surface area contributed by atoms with Crippen LogP contribution in [0.4, 0.5) is 5.69 Å². The maximum atomic E-state index is 13.3. The lowest BCUT2D eigenvalue weighted by molar-refractivity contribution is 0.0215. The zero-order chi connectivity index (χ0) is 24.8. The Morgan fingerprint density at radius 2 is 1.83 bits per heavy atom. The third-order valence-corrected chi connectivity index (χ3v) is 6.68. The summed E-state index contributed by atoms with van der Waals surface area (Å²) < 4.78 is 22.5. The van der Waals surface area contributed by atoms with Crippen LogP contribution in [0.2, 0.25) is 0 Å². The van der Waals surface area contributed by atoms with Crippen LogP contribution in [0.1, 0.15) is 24.2 Å². The molecule has 0 atom stereocenters. The molecule has 0 aliphatic heterocycles. The first kappa shape index (κ1) is 24.8. The highest BCUT2D eigenvalue weighted by atomic mass is 32.1. The van der Waals surface area contributed by atoms with Gasteiger partial charge >= 0.3 is 11.6 Å². The molecule has 2 aromatic heterocycles. The standard InChI is InChI=1S/C26H28N2O6S/c1-4-28(5-2)17-10-11-18-20(16-17)34-26(30)23(24-27-19-8-6-7-9-21(19)35-24)22(18)25(29)33-15-14-32-13-12-31-3/h6-11,16H,4-5,12-15H2,1-3H3. The number of nitrogens with zero attached hydrogens (tertiary/aromatic N) is 2. The molecule has 0 saturated carbocycles. The Hall–Kier alpha value is -3.27. The van der Waals surface area contributed by atoms with Crippen LogP contribution < -0.4 is 10.5 Å². The summed E-state index contributed by atoms with van der Waals surface area (Å²) in [5.41, 5.74) is 1.61. The van der Waals surface area contributed by atoms with E-state index in [1.54, 1.807) is 19.2 Å². The monoisotopic (exact) mass is 496 g/mol. The summed E-state index contributed by atoms with van der Waals surface area (Å²) in [6.45, 7) is 6.82. The minimum atomic E-state index is -0.628. The van der Waals surface area contributed by atoms with E-state index >= 15 is 0 Å². The van der Waals surface area contributed by atoms with Gasteiger partial charge in [-0.15, -0.1) is 11.3 Å². The van der Waals surface area contributed by atoms with Crippen molar-refractivity contribution in [3.05, 3.63) is 58.4 Å². The second kappa shape index (κ2) is 11.4. The van der Waals surface area contributed by atoms with Gasteiger partial charge < -0.3 is 23.5 Å². The molecule has 9 heteroatoms. The number of fused-ring (bicyclic) bond motifs is 2. The molecule has 8 nitrogen and oxygen atoms in total. The number of ether oxygens (including phenoxy) is 3. The Morgan fingerprint density at radius 1 is 1.06 bits per heavy atom. The van der Waals surface area contributed by atoms with Crippen LogP contribution in [0, 0.1) is 0 Å². The highest BCUT2D eigenvalue weighted by Gasteiger charge is 2.26. The second-order valence-corrected chi connectivity index (χ2v) is 8.75. The van der Waals surface area contributed by atoms with Gasteiger partial charge in [-0.3, -0.25) is 0 Å². The molecular weight excluding hydrogens is 468 g/mol. The number of hydrogen-bond acceptors (Lipinski definition) is 9. The molecule has 0 aliphatic carbocycles. The lowest BCUT2D eigenvalue weighted by Gasteiger charge is -2.21. The molecule has 35 heavy (non-hydrogen) atoms. The normalized spacial score (nSPS) is 11.3. The van der Waals surface area contributed by atoms with E-state index in [4.69, 9.17) is 18.6 Å². The van der Waals surface area contributed by atoms with E-state index in [1.165, 1.54) is 11.3 Å². The number of rotatable bonds is 11. The van der Waals surface area contributed by atoms with Crippen molar-refractivity contribution in [3.8, 4) is 10.6 Å². The van der Waals surface area contributed by atoms with Crippen LogP contribution in [0.15, 0.2) is 51.7 Å². The maximum Gasteiger partial charge on any atom is 0.347 e. The third-order valence-electron chi connectivity index (χ3n) is 5.62. The lowest BCUT2D eigenvalue weighted by atomic mass is 10.0. The first-order valence-electron chi connectivity index (χ1n) is 11.5. The predicted octanol–water partition coefficient (Wildman–Crippen LogP) is 4.74. The Labute approximate surface area is 207 Å². The summed E-state index contributed by atoms with van der Waals surface area (Å²) in [6, 6.07) is 13.1. The lowest BCUT2D eigenvalue weighted by Crippen LogP contribution is -2.22. The Balaban J connectivity index is 1.79. The highest BCUT2D eigenvalue weighted by molar-refractivity contribution is 7.21. The number of thiazole rings is 1. The Morgan fingerprint density at radius 3 is 2.57 bits per heavy atom. The zero-order valence-corrected chi connectivity index (χ0v) is 20.9. The summed E-state index contributed by atoms with van der Waals surface area (Å²) in [7, 11) is 1.59. The van der Waals surface area contributed by atoms with Crippen LogP contribution in [0.25, 0.3) is 31.8 Å². The van der Waals surface area contributed by atoms with Crippen LogP contribution in [0.3, 0.4) is 0 Å². The zero-order valence-electron chi connectivity index (χ0n) is 20.0. The molecule has 2 aromatic carbocycles. The molecule has 4 aromatic rings. The van der Waals surface area contributed by atoms with Crippen molar-refractivity contribution >= 4 is 44.2 Å². The van der Waals surface area contributed by atoms with Gasteiger partial charge in [0.15, 0.2) is 0 Å². The number of benzene rings is 2. The van der Waals surface area contributed by atoms with Crippen molar-refractivity contribution in [2.45, 2.75) is 13.8 Å². The van der Waals surface area contributed by atoms with Gasteiger partial charge in [-0.2, -0.15) is 0 Å². The number of anilines is 1. The quantitative estimate of drug-likeness (QED) is 0.167. The fourth-order valence-corrected chi connectivity index (χ4v) is 4.87. The van der Waals surface area contributed by atoms with Gasteiger partial charge in [0.25, 0.3) is 0 Å². The molecule has 0 spiro atoms.